The molecule has 2 rings (SSSR count). The minimum atomic E-state index is 0.572. The van der Waals surface area contributed by atoms with Crippen molar-refractivity contribution in [2.24, 2.45) is 5.73 Å². The number of aryl methyl sites for hydroxylation is 2. The van der Waals surface area contributed by atoms with Crippen molar-refractivity contribution in [1.82, 2.24) is 14.8 Å². The molecule has 5 heteroatoms. The summed E-state index contributed by atoms with van der Waals surface area (Å²) in [5.41, 5.74) is 7.73. The van der Waals surface area contributed by atoms with Gasteiger partial charge in [0.2, 0.25) is 0 Å². The van der Waals surface area contributed by atoms with Crippen molar-refractivity contribution in [1.29, 1.82) is 0 Å². The smallest absolute Gasteiger partial charge is 0.152 e. The number of nitrogens with zero attached hydrogens (tertiary/aromatic N) is 3. The second-order valence-electron chi connectivity index (χ2n) is 3.96. The second kappa shape index (κ2) is 4.98. The van der Waals surface area contributed by atoms with Gasteiger partial charge in [0.15, 0.2) is 5.82 Å². The molecule has 2 aromatic rings. The topological polar surface area (TPSA) is 56.7 Å². The Morgan fingerprint density at radius 3 is 2.76 bits per heavy atom. The molecule has 1 aromatic heterocycles. The van der Waals surface area contributed by atoms with Crippen molar-refractivity contribution in [2.45, 2.75) is 20.3 Å². The van der Waals surface area contributed by atoms with Gasteiger partial charge in [0.05, 0.1) is 5.69 Å². The summed E-state index contributed by atoms with van der Waals surface area (Å²) in [5.74, 6) is 1.69. The molecule has 0 aliphatic heterocycles. The summed E-state index contributed by atoms with van der Waals surface area (Å²) in [7, 11) is 0. The normalized spacial score (nSPS) is 10.8. The number of benzene rings is 1. The van der Waals surface area contributed by atoms with Crippen LogP contribution in [0.1, 0.15) is 17.2 Å². The Morgan fingerprint density at radius 2 is 2.12 bits per heavy atom. The van der Waals surface area contributed by atoms with Gasteiger partial charge in [-0.1, -0.05) is 15.9 Å². The molecule has 0 aliphatic carbocycles. The molecule has 0 spiro atoms. The maximum atomic E-state index is 5.51. The highest BCUT2D eigenvalue weighted by molar-refractivity contribution is 9.10. The number of aromatic nitrogens is 3. The van der Waals surface area contributed by atoms with Gasteiger partial charge in [0.25, 0.3) is 0 Å². The molecule has 0 bridgehead atoms. The van der Waals surface area contributed by atoms with Crippen LogP contribution in [0.2, 0.25) is 0 Å². The van der Waals surface area contributed by atoms with Gasteiger partial charge < -0.3 is 5.73 Å². The molecular formula is C12H15BrN4. The SMILES string of the molecule is Cc1cc(Br)ccc1-n1nc(CCN)nc1C. The van der Waals surface area contributed by atoms with E-state index in [0.29, 0.717) is 13.0 Å². The van der Waals surface area contributed by atoms with Crippen LogP contribution in [0.4, 0.5) is 0 Å². The predicted molar refractivity (Wildman–Crippen MR) is 71.3 cm³/mol. The van der Waals surface area contributed by atoms with E-state index in [1.54, 1.807) is 0 Å². The molecule has 0 unspecified atom stereocenters. The van der Waals surface area contributed by atoms with Crippen LogP contribution in [0.25, 0.3) is 5.69 Å². The fourth-order valence-corrected chi connectivity index (χ4v) is 2.24. The lowest BCUT2D eigenvalue weighted by Gasteiger charge is -2.07. The monoisotopic (exact) mass is 294 g/mol. The average molecular weight is 295 g/mol. The molecule has 4 nitrogen and oxygen atoms in total. The van der Waals surface area contributed by atoms with Crippen LogP contribution < -0.4 is 5.73 Å². The number of halogens is 1. The fourth-order valence-electron chi connectivity index (χ4n) is 1.76. The molecule has 2 N–H and O–H groups in total. The zero-order chi connectivity index (χ0) is 12.4. The maximum absolute atomic E-state index is 5.51. The van der Waals surface area contributed by atoms with Crippen LogP contribution >= 0.6 is 15.9 Å². The van der Waals surface area contributed by atoms with E-state index in [-0.39, 0.29) is 0 Å². The van der Waals surface area contributed by atoms with E-state index in [1.165, 1.54) is 0 Å². The molecule has 17 heavy (non-hydrogen) atoms. The molecule has 0 saturated heterocycles. The van der Waals surface area contributed by atoms with Gasteiger partial charge >= 0.3 is 0 Å². The van der Waals surface area contributed by atoms with Crippen LogP contribution in [0, 0.1) is 13.8 Å². The summed E-state index contributed by atoms with van der Waals surface area (Å²) in [5, 5.41) is 4.47. The molecular weight excluding hydrogens is 280 g/mol. The summed E-state index contributed by atoms with van der Waals surface area (Å²) in [6, 6.07) is 6.11. The Balaban J connectivity index is 2.45. The largest absolute Gasteiger partial charge is 0.330 e. The lowest BCUT2D eigenvalue weighted by atomic mass is 10.2. The highest BCUT2D eigenvalue weighted by Gasteiger charge is 2.09. The van der Waals surface area contributed by atoms with E-state index in [0.717, 1.165) is 27.4 Å². The molecule has 90 valence electrons. The van der Waals surface area contributed by atoms with Crippen molar-refractivity contribution in [3.8, 4) is 5.69 Å². The Labute approximate surface area is 109 Å². The number of rotatable bonds is 3. The second-order valence-corrected chi connectivity index (χ2v) is 4.87. The summed E-state index contributed by atoms with van der Waals surface area (Å²) in [6.45, 7) is 4.58. The third kappa shape index (κ3) is 2.56. The van der Waals surface area contributed by atoms with Crippen molar-refractivity contribution in [2.75, 3.05) is 6.54 Å². The third-order valence-electron chi connectivity index (χ3n) is 2.57. The highest BCUT2D eigenvalue weighted by atomic mass is 79.9. The Hall–Kier alpha value is -1.20. The van der Waals surface area contributed by atoms with E-state index in [2.05, 4.69) is 39.0 Å². The fraction of sp³-hybridized carbons (Fsp3) is 0.333. The Bertz CT molecular complexity index is 533. The predicted octanol–water partition coefficient (Wildman–Crippen LogP) is 2.15. The van der Waals surface area contributed by atoms with Crippen molar-refractivity contribution >= 4 is 15.9 Å². The lowest BCUT2D eigenvalue weighted by molar-refractivity contribution is 0.799. The van der Waals surface area contributed by atoms with Crippen LogP contribution in [0.15, 0.2) is 22.7 Å². The van der Waals surface area contributed by atoms with Crippen LogP contribution in [0.5, 0.6) is 0 Å². The van der Waals surface area contributed by atoms with Gasteiger partial charge in [0.1, 0.15) is 5.82 Å². The van der Waals surface area contributed by atoms with Crippen molar-refractivity contribution in [3.63, 3.8) is 0 Å². The van der Waals surface area contributed by atoms with Gasteiger partial charge in [-0.25, -0.2) is 9.67 Å². The summed E-state index contributed by atoms with van der Waals surface area (Å²) in [4.78, 5) is 4.40. The molecule has 0 amide bonds. The summed E-state index contributed by atoms with van der Waals surface area (Å²) < 4.78 is 2.94. The zero-order valence-corrected chi connectivity index (χ0v) is 11.5. The van der Waals surface area contributed by atoms with Gasteiger partial charge in [-0.15, -0.1) is 0 Å². The minimum Gasteiger partial charge on any atom is -0.330 e. The first-order valence-electron chi connectivity index (χ1n) is 5.51. The van der Waals surface area contributed by atoms with E-state index in [4.69, 9.17) is 5.73 Å². The highest BCUT2D eigenvalue weighted by Crippen LogP contribution is 2.19. The maximum Gasteiger partial charge on any atom is 0.152 e. The molecule has 0 aliphatic rings. The van der Waals surface area contributed by atoms with Crippen LogP contribution in [0.3, 0.4) is 0 Å². The summed E-state index contributed by atoms with van der Waals surface area (Å²) >= 11 is 3.46. The number of hydrogen-bond donors (Lipinski definition) is 1. The number of nitrogens with two attached hydrogens (primary N) is 1. The number of hydrogen-bond acceptors (Lipinski definition) is 3. The van der Waals surface area contributed by atoms with Gasteiger partial charge in [-0.2, -0.15) is 5.10 Å². The van der Waals surface area contributed by atoms with Crippen LogP contribution in [-0.2, 0) is 6.42 Å². The standard InChI is InChI=1S/C12H15BrN4/c1-8-7-10(13)3-4-11(8)17-9(2)15-12(16-17)5-6-14/h3-4,7H,5-6,14H2,1-2H3. The van der Waals surface area contributed by atoms with E-state index in [9.17, 15) is 0 Å². The molecule has 1 heterocycles. The van der Waals surface area contributed by atoms with Gasteiger partial charge in [0, 0.05) is 10.9 Å². The van der Waals surface area contributed by atoms with E-state index < -0.39 is 0 Å². The first kappa shape index (κ1) is 12.3. The van der Waals surface area contributed by atoms with Gasteiger partial charge in [-0.3, -0.25) is 0 Å². The molecule has 0 saturated carbocycles. The van der Waals surface area contributed by atoms with Gasteiger partial charge in [-0.05, 0) is 44.2 Å². The van der Waals surface area contributed by atoms with E-state index in [1.807, 2.05) is 23.7 Å². The van der Waals surface area contributed by atoms with Crippen molar-refractivity contribution < 1.29 is 0 Å². The quantitative estimate of drug-likeness (QED) is 0.944. The van der Waals surface area contributed by atoms with Crippen molar-refractivity contribution in [3.05, 3.63) is 39.9 Å². The third-order valence-corrected chi connectivity index (χ3v) is 3.06. The molecule has 0 radical (unpaired) electrons. The molecule has 0 atom stereocenters. The zero-order valence-electron chi connectivity index (χ0n) is 9.94. The van der Waals surface area contributed by atoms with E-state index >= 15 is 0 Å². The minimum absolute atomic E-state index is 0.572. The lowest BCUT2D eigenvalue weighted by Crippen LogP contribution is -2.05. The Morgan fingerprint density at radius 1 is 1.35 bits per heavy atom. The first-order valence-corrected chi connectivity index (χ1v) is 6.30. The Kier molecular flexibility index (Phi) is 3.59. The molecule has 0 fully saturated rings. The first-order chi connectivity index (χ1) is 8.11. The van der Waals surface area contributed by atoms with Crippen LogP contribution in [-0.4, -0.2) is 21.3 Å². The average Bonchev–Trinajstić information content (AvgIpc) is 2.60. The molecule has 1 aromatic carbocycles. The summed E-state index contributed by atoms with van der Waals surface area (Å²) in [6.07, 6.45) is 0.712.